The maximum atomic E-state index is 12.4. The van der Waals surface area contributed by atoms with Gasteiger partial charge in [0.15, 0.2) is 5.78 Å². The summed E-state index contributed by atoms with van der Waals surface area (Å²) < 4.78 is 5.77. The summed E-state index contributed by atoms with van der Waals surface area (Å²) in [6, 6.07) is 23.8. The van der Waals surface area contributed by atoms with Crippen LogP contribution in [0.4, 0.5) is 0 Å². The van der Waals surface area contributed by atoms with Crippen molar-refractivity contribution in [1.29, 1.82) is 0 Å². The zero-order chi connectivity index (χ0) is 19.8. The molecule has 3 aromatic carbocycles. The number of aliphatic hydroxyl groups is 1. The van der Waals surface area contributed by atoms with Crippen molar-refractivity contribution in [3.63, 3.8) is 0 Å². The van der Waals surface area contributed by atoms with Crippen LogP contribution in [0.3, 0.4) is 0 Å². The first-order valence-corrected chi connectivity index (χ1v) is 9.15. The van der Waals surface area contributed by atoms with Crippen LogP contribution in [0.25, 0.3) is 0 Å². The molecule has 0 aromatic heterocycles. The molecule has 0 aliphatic carbocycles. The van der Waals surface area contributed by atoms with Crippen LogP contribution >= 0.6 is 0 Å². The largest absolute Gasteiger partial charge is 0.489 e. The van der Waals surface area contributed by atoms with Gasteiger partial charge >= 0.3 is 0 Å². The van der Waals surface area contributed by atoms with Crippen LogP contribution in [0.1, 0.15) is 44.2 Å². The molecule has 0 bridgehead atoms. The van der Waals surface area contributed by atoms with Crippen molar-refractivity contribution in [2.75, 3.05) is 6.61 Å². The molecule has 142 valence electrons. The van der Waals surface area contributed by atoms with E-state index in [0.717, 1.165) is 17.4 Å². The lowest BCUT2D eigenvalue weighted by molar-refractivity contribution is 0.0959. The molecule has 1 atom stereocenters. The first-order valence-electron chi connectivity index (χ1n) is 9.15. The molecule has 0 spiro atoms. The van der Waals surface area contributed by atoms with E-state index in [-0.39, 0.29) is 24.7 Å². The molecule has 0 radical (unpaired) electrons. The predicted molar refractivity (Wildman–Crippen MR) is 108 cm³/mol. The molecule has 1 unspecified atom stereocenters. The van der Waals surface area contributed by atoms with Crippen molar-refractivity contribution in [3.05, 3.63) is 101 Å². The number of aliphatic hydroxyl groups excluding tert-OH is 1. The van der Waals surface area contributed by atoms with E-state index in [1.807, 2.05) is 54.6 Å². The number of rotatable bonds is 9. The Morgan fingerprint density at radius 2 is 1.61 bits per heavy atom. The fourth-order valence-electron chi connectivity index (χ4n) is 2.95. The van der Waals surface area contributed by atoms with Gasteiger partial charge in [-0.2, -0.15) is 0 Å². The van der Waals surface area contributed by atoms with Gasteiger partial charge in [-0.15, -0.1) is 0 Å². The van der Waals surface area contributed by atoms with Gasteiger partial charge in [0.05, 0.1) is 6.61 Å². The van der Waals surface area contributed by atoms with Crippen LogP contribution < -0.4 is 4.74 Å². The van der Waals surface area contributed by atoms with Gasteiger partial charge in [0.25, 0.3) is 0 Å². The monoisotopic (exact) mass is 374 g/mol. The lowest BCUT2D eigenvalue weighted by Gasteiger charge is -2.15. The highest BCUT2D eigenvalue weighted by atomic mass is 16.5. The van der Waals surface area contributed by atoms with E-state index in [2.05, 4.69) is 0 Å². The second-order valence-corrected chi connectivity index (χ2v) is 6.59. The molecule has 4 heteroatoms. The van der Waals surface area contributed by atoms with E-state index >= 15 is 0 Å². The van der Waals surface area contributed by atoms with E-state index in [1.54, 1.807) is 24.3 Å². The number of aldehydes is 1. The summed E-state index contributed by atoms with van der Waals surface area (Å²) >= 11 is 0. The maximum Gasteiger partial charge on any atom is 0.163 e. The molecule has 0 aliphatic heterocycles. The van der Waals surface area contributed by atoms with Gasteiger partial charge in [0, 0.05) is 23.5 Å². The van der Waals surface area contributed by atoms with Crippen molar-refractivity contribution in [1.82, 2.24) is 0 Å². The Labute approximate surface area is 164 Å². The summed E-state index contributed by atoms with van der Waals surface area (Å²) in [5.74, 6) is 0.464. The van der Waals surface area contributed by atoms with Crippen LogP contribution in [0.2, 0.25) is 0 Å². The number of carbonyl (C=O) groups excluding carboxylic acids is 2. The van der Waals surface area contributed by atoms with Crippen LogP contribution in [0, 0.1) is 0 Å². The number of ether oxygens (including phenoxy) is 1. The molecule has 3 aromatic rings. The van der Waals surface area contributed by atoms with Crippen molar-refractivity contribution in [2.45, 2.75) is 18.9 Å². The van der Waals surface area contributed by atoms with Gasteiger partial charge < -0.3 is 9.84 Å². The molecule has 1 N–H and O–H groups in total. The highest BCUT2D eigenvalue weighted by Gasteiger charge is 2.16. The standard InChI is InChI=1S/C24H22O4/c25-15-18-6-8-19(9-7-18)17-28-23-12-10-20(11-13-23)22(16-26)14-24(27)21-4-2-1-3-5-21/h1-13,15,22,26H,14,16-17H2. The molecule has 0 fully saturated rings. The van der Waals surface area contributed by atoms with Gasteiger partial charge in [0.2, 0.25) is 0 Å². The molecule has 0 heterocycles. The number of benzene rings is 3. The number of Topliss-reactive ketones (excluding diaryl/α,β-unsaturated/α-hetero) is 1. The summed E-state index contributed by atoms with van der Waals surface area (Å²) in [6.07, 6.45) is 1.06. The van der Waals surface area contributed by atoms with Crippen molar-refractivity contribution in [3.8, 4) is 5.75 Å². The number of hydrogen-bond donors (Lipinski definition) is 1. The van der Waals surface area contributed by atoms with Gasteiger partial charge in [-0.1, -0.05) is 66.7 Å². The zero-order valence-corrected chi connectivity index (χ0v) is 15.5. The van der Waals surface area contributed by atoms with Gasteiger partial charge in [-0.25, -0.2) is 0 Å². The lowest BCUT2D eigenvalue weighted by Crippen LogP contribution is -2.11. The highest BCUT2D eigenvalue weighted by Crippen LogP contribution is 2.24. The average molecular weight is 374 g/mol. The van der Waals surface area contributed by atoms with Crippen LogP contribution in [-0.2, 0) is 6.61 Å². The molecule has 0 saturated heterocycles. The Balaban J connectivity index is 1.60. The summed E-state index contributed by atoms with van der Waals surface area (Å²) in [6.45, 7) is 0.302. The maximum absolute atomic E-state index is 12.4. The SMILES string of the molecule is O=Cc1ccc(COc2ccc(C(CO)CC(=O)c3ccccc3)cc2)cc1. The fraction of sp³-hybridized carbons (Fsp3) is 0.167. The molecular formula is C24H22O4. The molecule has 0 saturated carbocycles. The Hall–Kier alpha value is -3.24. The van der Waals surface area contributed by atoms with Crippen LogP contribution in [0.5, 0.6) is 5.75 Å². The van der Waals surface area contributed by atoms with Gasteiger partial charge in [-0.05, 0) is 23.3 Å². The van der Waals surface area contributed by atoms with E-state index in [0.29, 0.717) is 23.5 Å². The minimum atomic E-state index is -0.252. The molecule has 4 nitrogen and oxygen atoms in total. The van der Waals surface area contributed by atoms with Crippen LogP contribution in [-0.4, -0.2) is 23.8 Å². The molecular weight excluding hydrogens is 352 g/mol. The van der Waals surface area contributed by atoms with Gasteiger partial charge in [0.1, 0.15) is 18.6 Å². The Bertz CT molecular complexity index is 900. The number of carbonyl (C=O) groups is 2. The van der Waals surface area contributed by atoms with Crippen LogP contribution in [0.15, 0.2) is 78.9 Å². The zero-order valence-electron chi connectivity index (χ0n) is 15.5. The Morgan fingerprint density at radius 3 is 2.21 bits per heavy atom. The minimum absolute atomic E-state index is 0.0127. The predicted octanol–water partition coefficient (Wildman–Crippen LogP) is 4.43. The fourth-order valence-corrected chi connectivity index (χ4v) is 2.95. The number of hydrogen-bond acceptors (Lipinski definition) is 4. The second-order valence-electron chi connectivity index (χ2n) is 6.59. The van der Waals surface area contributed by atoms with Crippen molar-refractivity contribution in [2.24, 2.45) is 0 Å². The third-order valence-electron chi connectivity index (χ3n) is 4.62. The third-order valence-corrected chi connectivity index (χ3v) is 4.62. The average Bonchev–Trinajstić information content (AvgIpc) is 2.77. The smallest absolute Gasteiger partial charge is 0.163 e. The lowest BCUT2D eigenvalue weighted by atomic mass is 9.92. The molecule has 28 heavy (non-hydrogen) atoms. The van der Waals surface area contributed by atoms with E-state index in [9.17, 15) is 14.7 Å². The minimum Gasteiger partial charge on any atom is -0.489 e. The molecule has 0 amide bonds. The Kier molecular flexibility index (Phi) is 6.71. The summed E-state index contributed by atoms with van der Waals surface area (Å²) in [4.78, 5) is 23.1. The van der Waals surface area contributed by atoms with Gasteiger partial charge in [-0.3, -0.25) is 9.59 Å². The number of ketones is 1. The summed E-state index contributed by atoms with van der Waals surface area (Å²) in [7, 11) is 0. The van der Waals surface area contributed by atoms with Crippen molar-refractivity contribution < 1.29 is 19.4 Å². The quantitative estimate of drug-likeness (QED) is 0.445. The first-order chi connectivity index (χ1) is 13.7. The topological polar surface area (TPSA) is 63.6 Å². The molecule has 3 rings (SSSR count). The first kappa shape index (κ1) is 19.5. The second kappa shape index (κ2) is 9.62. The van der Waals surface area contributed by atoms with E-state index in [4.69, 9.17) is 4.74 Å². The van der Waals surface area contributed by atoms with E-state index < -0.39 is 0 Å². The summed E-state index contributed by atoms with van der Waals surface area (Å²) in [5, 5.41) is 9.73. The normalized spacial score (nSPS) is 11.6. The van der Waals surface area contributed by atoms with Crippen molar-refractivity contribution >= 4 is 12.1 Å². The highest BCUT2D eigenvalue weighted by molar-refractivity contribution is 5.96. The Morgan fingerprint density at radius 1 is 0.929 bits per heavy atom. The third kappa shape index (κ3) is 5.15. The van der Waals surface area contributed by atoms with E-state index in [1.165, 1.54) is 0 Å². The molecule has 0 aliphatic rings. The summed E-state index contributed by atoms with van der Waals surface area (Å²) in [5.41, 5.74) is 3.15.